The second-order valence-electron chi connectivity index (χ2n) is 5.36. The lowest BCUT2D eigenvalue weighted by Gasteiger charge is -2.29. The fraction of sp³-hybridized carbons (Fsp3) is 0.533. The highest BCUT2D eigenvalue weighted by atomic mass is 19.1. The van der Waals surface area contributed by atoms with Crippen molar-refractivity contribution in [3.05, 3.63) is 35.6 Å². The summed E-state index contributed by atoms with van der Waals surface area (Å²) in [5, 5.41) is 3.21. The summed E-state index contributed by atoms with van der Waals surface area (Å²) in [6.45, 7) is 3.23. The van der Waals surface area contributed by atoms with Crippen LogP contribution in [0.15, 0.2) is 24.3 Å². The lowest BCUT2D eigenvalue weighted by atomic mass is 9.92. The van der Waals surface area contributed by atoms with E-state index in [2.05, 4.69) is 5.32 Å². The van der Waals surface area contributed by atoms with Crippen LogP contribution in [-0.4, -0.2) is 50.7 Å². The predicted molar refractivity (Wildman–Crippen MR) is 77.1 cm³/mol. The van der Waals surface area contributed by atoms with Gasteiger partial charge in [0.25, 0.3) is 0 Å². The number of nitrogens with zero attached hydrogens (tertiary/aromatic N) is 1. The van der Waals surface area contributed by atoms with Crippen LogP contribution < -0.4 is 5.32 Å². The average Bonchev–Trinajstić information content (AvgIpc) is 2.37. The number of esters is 1. The van der Waals surface area contributed by atoms with E-state index in [0.717, 1.165) is 12.1 Å². The van der Waals surface area contributed by atoms with Crippen LogP contribution in [0, 0.1) is 5.82 Å². The molecule has 0 heterocycles. The van der Waals surface area contributed by atoms with Gasteiger partial charge >= 0.3 is 5.97 Å². The number of ether oxygens (including phenoxy) is 1. The summed E-state index contributed by atoms with van der Waals surface area (Å²) in [7, 11) is 5.28. The second-order valence-corrected chi connectivity index (χ2v) is 5.36. The fourth-order valence-corrected chi connectivity index (χ4v) is 2.04. The van der Waals surface area contributed by atoms with E-state index in [4.69, 9.17) is 4.74 Å². The van der Waals surface area contributed by atoms with Crippen molar-refractivity contribution in [1.82, 2.24) is 10.2 Å². The Bertz CT molecular complexity index is 451. The first kappa shape index (κ1) is 16.6. The second kappa shape index (κ2) is 7.36. The zero-order valence-corrected chi connectivity index (χ0v) is 12.6. The number of rotatable bonds is 7. The molecule has 1 unspecified atom stereocenters. The molecule has 1 N–H and O–H groups in total. The van der Waals surface area contributed by atoms with Gasteiger partial charge in [-0.2, -0.15) is 0 Å². The van der Waals surface area contributed by atoms with Crippen molar-refractivity contribution < 1.29 is 13.9 Å². The number of hydrogen-bond donors (Lipinski definition) is 1. The lowest BCUT2D eigenvalue weighted by molar-refractivity contribution is -0.147. The summed E-state index contributed by atoms with van der Waals surface area (Å²) < 4.78 is 18.1. The molecule has 1 rings (SSSR count). The van der Waals surface area contributed by atoms with Gasteiger partial charge in [0, 0.05) is 19.5 Å². The van der Waals surface area contributed by atoms with Crippen molar-refractivity contribution in [2.75, 3.05) is 34.3 Å². The number of benzene rings is 1. The summed E-state index contributed by atoms with van der Waals surface area (Å²) in [5.74, 6) is -0.650. The minimum absolute atomic E-state index is 0.303. The van der Waals surface area contributed by atoms with Crippen molar-refractivity contribution in [2.24, 2.45) is 0 Å². The minimum atomic E-state index is -0.863. The molecule has 0 saturated heterocycles. The molecule has 0 aromatic heterocycles. The van der Waals surface area contributed by atoms with Crippen molar-refractivity contribution in [3.8, 4) is 0 Å². The lowest BCUT2D eigenvalue weighted by Crippen LogP contribution is -2.53. The van der Waals surface area contributed by atoms with Crippen LogP contribution in [-0.2, 0) is 16.0 Å². The highest BCUT2D eigenvalue weighted by Gasteiger charge is 2.34. The first-order chi connectivity index (χ1) is 9.37. The van der Waals surface area contributed by atoms with E-state index in [9.17, 15) is 9.18 Å². The highest BCUT2D eigenvalue weighted by Crippen LogP contribution is 2.16. The van der Waals surface area contributed by atoms with Crippen LogP contribution in [0.5, 0.6) is 0 Å². The SMILES string of the molecule is COC(=O)C(C)(Cc1cccc(F)c1)NCCN(C)C. The molecule has 0 aliphatic carbocycles. The maximum absolute atomic E-state index is 13.2. The fourth-order valence-electron chi connectivity index (χ4n) is 2.04. The number of carbonyl (C=O) groups is 1. The van der Waals surface area contributed by atoms with Crippen LogP contribution in [0.25, 0.3) is 0 Å². The Morgan fingerprint density at radius 1 is 1.45 bits per heavy atom. The summed E-state index contributed by atoms with van der Waals surface area (Å²) in [6, 6.07) is 6.27. The van der Waals surface area contributed by atoms with Gasteiger partial charge in [-0.05, 0) is 38.7 Å². The average molecular weight is 282 g/mol. The molecule has 0 aliphatic heterocycles. The molecular weight excluding hydrogens is 259 g/mol. The summed E-state index contributed by atoms with van der Waals surface area (Å²) in [4.78, 5) is 14.0. The number of halogens is 1. The Balaban J connectivity index is 2.80. The minimum Gasteiger partial charge on any atom is -0.468 e. The van der Waals surface area contributed by atoms with Gasteiger partial charge in [0.15, 0.2) is 0 Å². The van der Waals surface area contributed by atoms with E-state index < -0.39 is 5.54 Å². The van der Waals surface area contributed by atoms with E-state index in [1.54, 1.807) is 19.1 Å². The van der Waals surface area contributed by atoms with Gasteiger partial charge in [0.2, 0.25) is 0 Å². The Labute approximate surface area is 119 Å². The third kappa shape index (κ3) is 4.90. The summed E-state index contributed by atoms with van der Waals surface area (Å²) in [6.07, 6.45) is 0.380. The Morgan fingerprint density at radius 3 is 2.70 bits per heavy atom. The molecule has 0 bridgehead atoms. The molecule has 0 spiro atoms. The molecule has 0 fully saturated rings. The van der Waals surface area contributed by atoms with E-state index in [0.29, 0.717) is 13.0 Å². The van der Waals surface area contributed by atoms with Crippen LogP contribution in [0.3, 0.4) is 0 Å². The normalized spacial score (nSPS) is 14.1. The number of nitrogens with one attached hydrogen (secondary N) is 1. The van der Waals surface area contributed by atoms with Crippen molar-refractivity contribution >= 4 is 5.97 Å². The smallest absolute Gasteiger partial charge is 0.326 e. The van der Waals surface area contributed by atoms with Crippen LogP contribution >= 0.6 is 0 Å². The molecule has 4 nitrogen and oxygen atoms in total. The molecule has 1 atom stereocenters. The standard InChI is InChI=1S/C15H23FN2O2/c1-15(14(19)20-4,17-8-9-18(2)3)11-12-6-5-7-13(16)10-12/h5-7,10,17H,8-9,11H2,1-4H3. The first-order valence-electron chi connectivity index (χ1n) is 6.60. The van der Waals surface area contributed by atoms with Gasteiger partial charge < -0.3 is 15.0 Å². The van der Waals surface area contributed by atoms with Crippen LogP contribution in [0.2, 0.25) is 0 Å². The largest absolute Gasteiger partial charge is 0.468 e. The van der Waals surface area contributed by atoms with Gasteiger partial charge in [-0.15, -0.1) is 0 Å². The molecule has 1 aromatic carbocycles. The Morgan fingerprint density at radius 2 is 2.15 bits per heavy atom. The third-order valence-corrected chi connectivity index (χ3v) is 3.16. The summed E-state index contributed by atoms with van der Waals surface area (Å²) in [5.41, 5.74) is -0.103. The van der Waals surface area contributed by atoms with Crippen LogP contribution in [0.4, 0.5) is 4.39 Å². The highest BCUT2D eigenvalue weighted by molar-refractivity contribution is 5.80. The monoisotopic (exact) mass is 282 g/mol. The quantitative estimate of drug-likeness (QED) is 0.769. The predicted octanol–water partition coefficient (Wildman–Crippen LogP) is 1.45. The van der Waals surface area contributed by atoms with Crippen LogP contribution in [0.1, 0.15) is 12.5 Å². The van der Waals surface area contributed by atoms with Gasteiger partial charge in [0.05, 0.1) is 7.11 Å². The number of hydrogen-bond acceptors (Lipinski definition) is 4. The van der Waals surface area contributed by atoms with Crippen molar-refractivity contribution in [2.45, 2.75) is 18.9 Å². The molecule has 0 saturated carbocycles. The van der Waals surface area contributed by atoms with Gasteiger partial charge in [-0.1, -0.05) is 12.1 Å². The third-order valence-electron chi connectivity index (χ3n) is 3.16. The van der Waals surface area contributed by atoms with Gasteiger partial charge in [0.1, 0.15) is 11.4 Å². The van der Waals surface area contributed by atoms with E-state index >= 15 is 0 Å². The Kier molecular flexibility index (Phi) is 6.10. The molecular formula is C15H23FN2O2. The molecule has 0 amide bonds. The molecule has 112 valence electrons. The number of likely N-dealkylation sites (N-methyl/N-ethyl adjacent to an activating group) is 1. The van der Waals surface area contributed by atoms with E-state index in [-0.39, 0.29) is 11.8 Å². The van der Waals surface area contributed by atoms with Crippen molar-refractivity contribution in [3.63, 3.8) is 0 Å². The van der Waals surface area contributed by atoms with E-state index in [1.807, 2.05) is 19.0 Å². The summed E-state index contributed by atoms with van der Waals surface area (Å²) >= 11 is 0. The first-order valence-corrected chi connectivity index (χ1v) is 6.60. The van der Waals surface area contributed by atoms with Gasteiger partial charge in [-0.3, -0.25) is 4.79 Å². The molecule has 0 aliphatic rings. The molecule has 1 aromatic rings. The zero-order valence-electron chi connectivity index (χ0n) is 12.6. The van der Waals surface area contributed by atoms with E-state index in [1.165, 1.54) is 19.2 Å². The topological polar surface area (TPSA) is 41.6 Å². The number of methoxy groups -OCH3 is 1. The van der Waals surface area contributed by atoms with Gasteiger partial charge in [-0.25, -0.2) is 4.39 Å². The maximum atomic E-state index is 13.2. The number of carbonyl (C=O) groups excluding carboxylic acids is 1. The maximum Gasteiger partial charge on any atom is 0.326 e. The zero-order chi connectivity index (χ0) is 15.2. The molecule has 0 radical (unpaired) electrons. The van der Waals surface area contributed by atoms with Crippen molar-refractivity contribution in [1.29, 1.82) is 0 Å². The Hall–Kier alpha value is -1.46. The molecule has 5 heteroatoms. The molecule has 20 heavy (non-hydrogen) atoms.